The van der Waals surface area contributed by atoms with E-state index in [0.29, 0.717) is 11.4 Å². The van der Waals surface area contributed by atoms with Gasteiger partial charge in [0, 0.05) is 18.0 Å². The maximum Gasteiger partial charge on any atom is 0.227 e. The number of carbonyl (C=O) groups excluding carboxylic acids is 1. The highest BCUT2D eigenvalue weighted by molar-refractivity contribution is 5.95. The summed E-state index contributed by atoms with van der Waals surface area (Å²) in [5, 5.41) is 6.02. The number of hydrogen-bond donors (Lipinski definition) is 3. The average molecular weight is 279 g/mol. The molecule has 1 aliphatic rings. The first kappa shape index (κ1) is 14.8. The number of halogens is 1. The van der Waals surface area contributed by atoms with Gasteiger partial charge in [0.05, 0.1) is 11.4 Å². The molecule has 0 radical (unpaired) electrons. The van der Waals surface area contributed by atoms with Crippen LogP contribution in [0.1, 0.15) is 33.1 Å². The van der Waals surface area contributed by atoms with Gasteiger partial charge >= 0.3 is 0 Å². The normalized spacial score (nSPS) is 22.1. The van der Waals surface area contributed by atoms with Gasteiger partial charge in [0.1, 0.15) is 5.82 Å². The van der Waals surface area contributed by atoms with Gasteiger partial charge in [0.25, 0.3) is 0 Å². The van der Waals surface area contributed by atoms with E-state index in [9.17, 15) is 9.18 Å². The van der Waals surface area contributed by atoms with Gasteiger partial charge in [0.15, 0.2) is 0 Å². The highest BCUT2D eigenvalue weighted by atomic mass is 19.1. The van der Waals surface area contributed by atoms with E-state index in [1.165, 1.54) is 12.1 Å². The third-order valence-electron chi connectivity index (χ3n) is 3.53. The molecule has 1 fully saturated rings. The molecular weight excluding hydrogens is 257 g/mol. The minimum Gasteiger partial charge on any atom is -0.381 e. The van der Waals surface area contributed by atoms with Gasteiger partial charge in [-0.1, -0.05) is 0 Å². The zero-order valence-corrected chi connectivity index (χ0v) is 11.9. The Kier molecular flexibility index (Phi) is 4.60. The molecular formula is C15H22FN3O. The van der Waals surface area contributed by atoms with Crippen molar-refractivity contribution in [3.8, 4) is 0 Å². The first-order valence-corrected chi connectivity index (χ1v) is 7.08. The molecule has 1 aromatic carbocycles. The second-order valence-electron chi connectivity index (χ2n) is 5.75. The lowest BCUT2D eigenvalue weighted by molar-refractivity contribution is -0.119. The summed E-state index contributed by atoms with van der Waals surface area (Å²) in [7, 11) is 0. The monoisotopic (exact) mass is 279 g/mol. The molecule has 2 unspecified atom stereocenters. The van der Waals surface area contributed by atoms with Gasteiger partial charge in [-0.15, -0.1) is 0 Å². The van der Waals surface area contributed by atoms with Gasteiger partial charge in [-0.3, -0.25) is 4.79 Å². The highest BCUT2D eigenvalue weighted by Gasteiger charge is 2.28. The first-order chi connectivity index (χ1) is 9.45. The van der Waals surface area contributed by atoms with Crippen molar-refractivity contribution in [2.24, 2.45) is 11.7 Å². The molecule has 0 spiro atoms. The van der Waals surface area contributed by atoms with Crippen molar-refractivity contribution in [1.29, 1.82) is 0 Å². The van der Waals surface area contributed by atoms with E-state index in [-0.39, 0.29) is 29.7 Å². The Morgan fingerprint density at radius 3 is 2.70 bits per heavy atom. The van der Waals surface area contributed by atoms with Crippen LogP contribution in [-0.4, -0.2) is 18.0 Å². The SMILES string of the molecule is CC(C)Nc1cc(F)ccc1NC(=O)C1CCC(N)C1. The van der Waals surface area contributed by atoms with Gasteiger partial charge in [-0.2, -0.15) is 0 Å². The van der Waals surface area contributed by atoms with Crippen LogP contribution in [-0.2, 0) is 4.79 Å². The van der Waals surface area contributed by atoms with Crippen molar-refractivity contribution in [2.45, 2.75) is 45.2 Å². The van der Waals surface area contributed by atoms with Crippen molar-refractivity contribution in [1.82, 2.24) is 0 Å². The topological polar surface area (TPSA) is 67.1 Å². The molecule has 0 aromatic heterocycles. The standard InChI is InChI=1S/C15H22FN3O/c1-9(2)18-14-8-11(16)4-6-13(14)19-15(20)10-3-5-12(17)7-10/h4,6,8-10,12,18H,3,5,7,17H2,1-2H3,(H,19,20). The predicted molar refractivity (Wildman–Crippen MR) is 79.1 cm³/mol. The Labute approximate surface area is 118 Å². The largest absolute Gasteiger partial charge is 0.381 e. The molecule has 1 aliphatic carbocycles. The van der Waals surface area contributed by atoms with E-state index in [1.54, 1.807) is 6.07 Å². The van der Waals surface area contributed by atoms with E-state index >= 15 is 0 Å². The first-order valence-electron chi connectivity index (χ1n) is 7.08. The number of carbonyl (C=O) groups is 1. The van der Waals surface area contributed by atoms with Crippen LogP contribution in [0.5, 0.6) is 0 Å². The Hall–Kier alpha value is -1.62. The van der Waals surface area contributed by atoms with Crippen LogP contribution in [0.4, 0.5) is 15.8 Å². The summed E-state index contributed by atoms with van der Waals surface area (Å²) < 4.78 is 13.3. The Morgan fingerprint density at radius 1 is 1.35 bits per heavy atom. The van der Waals surface area contributed by atoms with E-state index in [2.05, 4.69) is 10.6 Å². The number of rotatable bonds is 4. The van der Waals surface area contributed by atoms with Crippen LogP contribution in [0.3, 0.4) is 0 Å². The van der Waals surface area contributed by atoms with Gasteiger partial charge in [-0.05, 0) is 51.3 Å². The number of amides is 1. The maximum absolute atomic E-state index is 13.3. The van der Waals surface area contributed by atoms with Crippen LogP contribution >= 0.6 is 0 Å². The average Bonchev–Trinajstić information content (AvgIpc) is 2.78. The molecule has 4 nitrogen and oxygen atoms in total. The van der Waals surface area contributed by atoms with E-state index < -0.39 is 0 Å². The summed E-state index contributed by atoms with van der Waals surface area (Å²) in [4.78, 5) is 12.2. The number of nitrogens with one attached hydrogen (secondary N) is 2. The molecule has 2 atom stereocenters. The van der Waals surface area contributed by atoms with Gasteiger partial charge < -0.3 is 16.4 Å². The second kappa shape index (κ2) is 6.22. The number of nitrogens with two attached hydrogens (primary N) is 1. The van der Waals surface area contributed by atoms with Crippen molar-refractivity contribution in [3.63, 3.8) is 0 Å². The number of anilines is 2. The molecule has 4 N–H and O–H groups in total. The Morgan fingerprint density at radius 2 is 2.10 bits per heavy atom. The van der Waals surface area contributed by atoms with E-state index in [0.717, 1.165) is 19.3 Å². The zero-order chi connectivity index (χ0) is 14.7. The minimum atomic E-state index is -0.325. The Balaban J connectivity index is 2.10. The third-order valence-corrected chi connectivity index (χ3v) is 3.53. The molecule has 0 heterocycles. The van der Waals surface area contributed by atoms with Gasteiger partial charge in [-0.25, -0.2) is 4.39 Å². The fourth-order valence-corrected chi connectivity index (χ4v) is 2.55. The van der Waals surface area contributed by atoms with Crippen LogP contribution in [0.15, 0.2) is 18.2 Å². The molecule has 2 rings (SSSR count). The maximum atomic E-state index is 13.3. The lowest BCUT2D eigenvalue weighted by Gasteiger charge is -2.17. The molecule has 20 heavy (non-hydrogen) atoms. The van der Waals surface area contributed by atoms with Crippen molar-refractivity contribution in [3.05, 3.63) is 24.0 Å². The lowest BCUT2D eigenvalue weighted by atomic mass is 10.1. The van der Waals surface area contributed by atoms with Crippen LogP contribution in [0, 0.1) is 11.7 Å². The molecule has 1 amide bonds. The molecule has 110 valence electrons. The molecule has 5 heteroatoms. The summed E-state index contributed by atoms with van der Waals surface area (Å²) in [6, 6.07) is 4.62. The van der Waals surface area contributed by atoms with Crippen LogP contribution < -0.4 is 16.4 Å². The second-order valence-corrected chi connectivity index (χ2v) is 5.75. The summed E-state index contributed by atoms with van der Waals surface area (Å²) in [5.74, 6) is -0.396. The Bertz CT molecular complexity index is 490. The number of hydrogen-bond acceptors (Lipinski definition) is 3. The van der Waals surface area contributed by atoms with Crippen LogP contribution in [0.25, 0.3) is 0 Å². The summed E-state index contributed by atoms with van der Waals surface area (Å²) in [6.45, 7) is 3.93. The molecule has 0 saturated heterocycles. The van der Waals surface area contributed by atoms with Crippen molar-refractivity contribution < 1.29 is 9.18 Å². The predicted octanol–water partition coefficient (Wildman–Crippen LogP) is 2.71. The molecule has 1 aromatic rings. The van der Waals surface area contributed by atoms with Crippen LogP contribution in [0.2, 0.25) is 0 Å². The zero-order valence-electron chi connectivity index (χ0n) is 11.9. The lowest BCUT2D eigenvalue weighted by Crippen LogP contribution is -2.24. The smallest absolute Gasteiger partial charge is 0.227 e. The molecule has 0 aliphatic heterocycles. The summed E-state index contributed by atoms with van der Waals surface area (Å²) in [5.41, 5.74) is 7.05. The summed E-state index contributed by atoms with van der Waals surface area (Å²) in [6.07, 6.45) is 2.43. The van der Waals surface area contributed by atoms with Crippen molar-refractivity contribution >= 4 is 17.3 Å². The van der Waals surface area contributed by atoms with E-state index in [4.69, 9.17) is 5.73 Å². The summed E-state index contributed by atoms with van der Waals surface area (Å²) >= 11 is 0. The third kappa shape index (κ3) is 3.70. The van der Waals surface area contributed by atoms with E-state index in [1.807, 2.05) is 13.8 Å². The van der Waals surface area contributed by atoms with Crippen molar-refractivity contribution in [2.75, 3.05) is 10.6 Å². The minimum absolute atomic E-state index is 0.0311. The molecule has 1 saturated carbocycles. The highest BCUT2D eigenvalue weighted by Crippen LogP contribution is 2.28. The number of benzene rings is 1. The molecule has 0 bridgehead atoms. The van der Waals surface area contributed by atoms with Gasteiger partial charge in [0.2, 0.25) is 5.91 Å². The quantitative estimate of drug-likeness (QED) is 0.794. The fourth-order valence-electron chi connectivity index (χ4n) is 2.55. The fraction of sp³-hybridized carbons (Fsp3) is 0.533.